The second-order valence-electron chi connectivity index (χ2n) is 4.98. The molecule has 1 amide bonds. The fourth-order valence-electron chi connectivity index (χ4n) is 2.35. The van der Waals surface area contributed by atoms with Gasteiger partial charge in [-0.3, -0.25) is 9.69 Å². The van der Waals surface area contributed by atoms with E-state index < -0.39 is 0 Å². The molecule has 0 aromatic heterocycles. The van der Waals surface area contributed by atoms with Gasteiger partial charge in [-0.05, 0) is 26.5 Å². The summed E-state index contributed by atoms with van der Waals surface area (Å²) in [7, 11) is 2.13. The molecule has 2 aliphatic rings. The fraction of sp³-hybridized carbons (Fsp3) is 0.750. The van der Waals surface area contributed by atoms with Crippen molar-refractivity contribution in [1.82, 2.24) is 15.1 Å². The lowest BCUT2D eigenvalue weighted by molar-refractivity contribution is -0.132. The number of rotatable bonds is 3. The molecule has 0 saturated carbocycles. The fourth-order valence-corrected chi connectivity index (χ4v) is 2.35. The number of piperazine rings is 1. The van der Waals surface area contributed by atoms with E-state index in [1.54, 1.807) is 0 Å². The highest BCUT2D eigenvalue weighted by Crippen LogP contribution is 2.20. The van der Waals surface area contributed by atoms with E-state index in [4.69, 9.17) is 0 Å². The van der Waals surface area contributed by atoms with Gasteiger partial charge in [-0.1, -0.05) is 6.58 Å². The van der Waals surface area contributed by atoms with Crippen LogP contribution in [0.3, 0.4) is 0 Å². The van der Waals surface area contributed by atoms with Gasteiger partial charge in [0.1, 0.15) is 0 Å². The summed E-state index contributed by atoms with van der Waals surface area (Å²) in [5.74, 6) is 0.0746. The summed E-state index contributed by atoms with van der Waals surface area (Å²) >= 11 is 0. The Morgan fingerprint density at radius 1 is 1.56 bits per heavy atom. The smallest absolute Gasteiger partial charge is 0.246 e. The molecule has 4 nitrogen and oxygen atoms in total. The van der Waals surface area contributed by atoms with Crippen LogP contribution >= 0.6 is 0 Å². The van der Waals surface area contributed by atoms with Crippen molar-refractivity contribution in [3.05, 3.63) is 12.7 Å². The number of nitrogens with one attached hydrogen (secondary N) is 1. The molecule has 90 valence electrons. The molecule has 0 bridgehead atoms. The second kappa shape index (κ2) is 4.55. The van der Waals surface area contributed by atoms with E-state index in [1.807, 2.05) is 4.90 Å². The Kier molecular flexibility index (Phi) is 3.30. The number of carbonyl (C=O) groups is 1. The zero-order chi connectivity index (χ0) is 11.7. The quantitative estimate of drug-likeness (QED) is 0.544. The molecule has 3 atom stereocenters. The SMILES string of the molecule is C=CC(=O)N1C[C@H](C)N(C)C[C@@H]1CC1CN1. The van der Waals surface area contributed by atoms with Crippen LogP contribution in [0.5, 0.6) is 0 Å². The van der Waals surface area contributed by atoms with Crippen molar-refractivity contribution in [2.75, 3.05) is 26.7 Å². The van der Waals surface area contributed by atoms with Crippen molar-refractivity contribution < 1.29 is 4.79 Å². The molecule has 0 aromatic rings. The summed E-state index contributed by atoms with van der Waals surface area (Å²) in [5.41, 5.74) is 0. The Labute approximate surface area is 97.3 Å². The van der Waals surface area contributed by atoms with Gasteiger partial charge < -0.3 is 10.2 Å². The molecule has 2 rings (SSSR count). The molecule has 2 fully saturated rings. The summed E-state index contributed by atoms with van der Waals surface area (Å²) in [6.45, 7) is 8.64. The van der Waals surface area contributed by atoms with Crippen molar-refractivity contribution in [2.45, 2.75) is 31.5 Å². The maximum absolute atomic E-state index is 11.8. The van der Waals surface area contributed by atoms with Gasteiger partial charge in [0.15, 0.2) is 0 Å². The lowest BCUT2D eigenvalue weighted by atomic mass is 10.0. The van der Waals surface area contributed by atoms with E-state index in [0.717, 1.165) is 26.1 Å². The molecule has 2 saturated heterocycles. The zero-order valence-electron chi connectivity index (χ0n) is 10.1. The van der Waals surface area contributed by atoms with Crippen LogP contribution in [0.15, 0.2) is 12.7 Å². The van der Waals surface area contributed by atoms with Crippen LogP contribution in [0.1, 0.15) is 13.3 Å². The minimum Gasteiger partial charge on any atom is -0.333 e. The third-order valence-corrected chi connectivity index (χ3v) is 3.66. The third-order valence-electron chi connectivity index (χ3n) is 3.66. The summed E-state index contributed by atoms with van der Waals surface area (Å²) in [5, 5.41) is 3.30. The van der Waals surface area contributed by atoms with E-state index in [2.05, 4.69) is 30.8 Å². The van der Waals surface area contributed by atoms with Crippen LogP contribution < -0.4 is 5.32 Å². The topological polar surface area (TPSA) is 45.5 Å². The van der Waals surface area contributed by atoms with Crippen LogP contribution in [0.25, 0.3) is 0 Å². The highest BCUT2D eigenvalue weighted by molar-refractivity contribution is 5.87. The Morgan fingerprint density at radius 3 is 2.81 bits per heavy atom. The Bertz CT molecular complexity index is 288. The van der Waals surface area contributed by atoms with Crippen molar-refractivity contribution in [2.24, 2.45) is 0 Å². The third kappa shape index (κ3) is 2.44. The lowest BCUT2D eigenvalue weighted by Gasteiger charge is -2.43. The van der Waals surface area contributed by atoms with Crippen molar-refractivity contribution in [3.8, 4) is 0 Å². The van der Waals surface area contributed by atoms with Crippen LogP contribution in [-0.4, -0.2) is 60.5 Å². The van der Waals surface area contributed by atoms with Crippen molar-refractivity contribution >= 4 is 5.91 Å². The van der Waals surface area contributed by atoms with E-state index in [0.29, 0.717) is 18.1 Å². The van der Waals surface area contributed by atoms with Gasteiger partial charge in [0.05, 0.1) is 0 Å². The molecule has 1 N–H and O–H groups in total. The minimum atomic E-state index is 0.0746. The Hall–Kier alpha value is -0.870. The number of likely N-dealkylation sites (N-methyl/N-ethyl adjacent to an activating group) is 1. The predicted octanol–water partition coefficient (Wildman–Crippen LogP) is 0.0654. The van der Waals surface area contributed by atoms with Gasteiger partial charge in [0.25, 0.3) is 0 Å². The first-order chi connectivity index (χ1) is 7.61. The molecule has 1 unspecified atom stereocenters. The first-order valence-electron chi connectivity index (χ1n) is 5.98. The average Bonchev–Trinajstić information content (AvgIpc) is 3.06. The van der Waals surface area contributed by atoms with Crippen LogP contribution in [0.4, 0.5) is 0 Å². The van der Waals surface area contributed by atoms with Gasteiger partial charge in [0, 0.05) is 37.8 Å². The first-order valence-corrected chi connectivity index (χ1v) is 5.98. The normalized spacial score (nSPS) is 34.9. The number of nitrogens with zero attached hydrogens (tertiary/aromatic N) is 2. The molecule has 4 heteroatoms. The van der Waals surface area contributed by atoms with Crippen LogP contribution in [0, 0.1) is 0 Å². The lowest BCUT2D eigenvalue weighted by Crippen LogP contribution is -2.57. The van der Waals surface area contributed by atoms with Gasteiger partial charge in [-0.2, -0.15) is 0 Å². The maximum Gasteiger partial charge on any atom is 0.246 e. The zero-order valence-corrected chi connectivity index (χ0v) is 10.1. The molecule has 0 aliphatic carbocycles. The average molecular weight is 223 g/mol. The number of hydrogen-bond donors (Lipinski definition) is 1. The standard InChI is InChI=1S/C12H21N3O/c1-4-12(16)15-7-9(2)14(3)8-11(15)5-10-6-13-10/h4,9-11,13H,1,5-8H2,2-3H3/t9-,10?,11-/m0/s1. The van der Waals surface area contributed by atoms with E-state index >= 15 is 0 Å². The predicted molar refractivity (Wildman–Crippen MR) is 64.2 cm³/mol. The molecule has 2 aliphatic heterocycles. The van der Waals surface area contributed by atoms with E-state index in [1.165, 1.54) is 6.08 Å². The first kappa shape index (κ1) is 11.6. The molecule has 2 heterocycles. The van der Waals surface area contributed by atoms with Gasteiger partial charge >= 0.3 is 0 Å². The van der Waals surface area contributed by atoms with Gasteiger partial charge in [0.2, 0.25) is 5.91 Å². The minimum absolute atomic E-state index is 0.0746. The summed E-state index contributed by atoms with van der Waals surface area (Å²) < 4.78 is 0. The number of hydrogen-bond acceptors (Lipinski definition) is 3. The Balaban J connectivity index is 2.03. The van der Waals surface area contributed by atoms with E-state index in [9.17, 15) is 4.79 Å². The number of carbonyl (C=O) groups excluding carboxylic acids is 1. The maximum atomic E-state index is 11.8. The van der Waals surface area contributed by atoms with Gasteiger partial charge in [-0.25, -0.2) is 0 Å². The molecule has 0 radical (unpaired) electrons. The Morgan fingerprint density at radius 2 is 2.25 bits per heavy atom. The van der Waals surface area contributed by atoms with Crippen molar-refractivity contribution in [1.29, 1.82) is 0 Å². The van der Waals surface area contributed by atoms with Gasteiger partial charge in [-0.15, -0.1) is 0 Å². The largest absolute Gasteiger partial charge is 0.333 e. The molecule has 0 aromatic carbocycles. The molecule has 16 heavy (non-hydrogen) atoms. The molecule has 0 spiro atoms. The number of amides is 1. The van der Waals surface area contributed by atoms with Crippen LogP contribution in [-0.2, 0) is 4.79 Å². The summed E-state index contributed by atoms with van der Waals surface area (Å²) in [4.78, 5) is 16.1. The van der Waals surface area contributed by atoms with Crippen LogP contribution in [0.2, 0.25) is 0 Å². The summed E-state index contributed by atoms with van der Waals surface area (Å²) in [6, 6.07) is 1.39. The molecular weight excluding hydrogens is 202 g/mol. The van der Waals surface area contributed by atoms with E-state index in [-0.39, 0.29) is 5.91 Å². The monoisotopic (exact) mass is 223 g/mol. The summed E-state index contributed by atoms with van der Waals surface area (Å²) in [6.07, 6.45) is 2.50. The second-order valence-corrected chi connectivity index (χ2v) is 4.98. The van der Waals surface area contributed by atoms with Crippen molar-refractivity contribution in [3.63, 3.8) is 0 Å². The highest BCUT2D eigenvalue weighted by Gasteiger charge is 2.35. The molecular formula is C12H21N3O. The highest BCUT2D eigenvalue weighted by atomic mass is 16.2.